The number of allylic oxidation sites excluding steroid dienone is 1. The van der Waals surface area contributed by atoms with E-state index in [4.69, 9.17) is 14.2 Å². The molecule has 0 saturated carbocycles. The van der Waals surface area contributed by atoms with Crippen LogP contribution in [0.25, 0.3) is 0 Å². The lowest BCUT2D eigenvalue weighted by atomic mass is 10.0. The molecule has 0 heterocycles. The number of methoxy groups -OCH3 is 3. The van der Waals surface area contributed by atoms with Gasteiger partial charge in [-0.3, -0.25) is 4.79 Å². The van der Waals surface area contributed by atoms with Crippen molar-refractivity contribution in [2.75, 3.05) is 26.6 Å². The van der Waals surface area contributed by atoms with Gasteiger partial charge in [-0.2, -0.15) is 0 Å². The monoisotopic (exact) mass is 355 g/mol. The molecule has 0 bridgehead atoms. The molecule has 2 rings (SSSR count). The van der Waals surface area contributed by atoms with E-state index in [-0.39, 0.29) is 5.78 Å². The van der Waals surface area contributed by atoms with Gasteiger partial charge < -0.3 is 19.5 Å². The van der Waals surface area contributed by atoms with E-state index in [9.17, 15) is 4.79 Å². The zero-order valence-corrected chi connectivity index (χ0v) is 15.8. The molecule has 0 fully saturated rings. The van der Waals surface area contributed by atoms with Crippen LogP contribution in [0.1, 0.15) is 35.7 Å². The number of ketones is 1. The third-order valence-corrected chi connectivity index (χ3v) is 4.01. The fourth-order valence-electron chi connectivity index (χ4n) is 2.50. The van der Waals surface area contributed by atoms with Crippen LogP contribution in [0.4, 0.5) is 5.69 Å². The van der Waals surface area contributed by atoms with Crippen LogP contribution in [0, 0.1) is 0 Å². The van der Waals surface area contributed by atoms with Gasteiger partial charge in [0.2, 0.25) is 5.75 Å². The number of anilines is 1. The van der Waals surface area contributed by atoms with E-state index in [0.29, 0.717) is 28.7 Å². The maximum atomic E-state index is 12.4. The van der Waals surface area contributed by atoms with Crippen molar-refractivity contribution in [2.45, 2.75) is 19.8 Å². The predicted molar refractivity (Wildman–Crippen MR) is 104 cm³/mol. The Morgan fingerprint density at radius 3 is 2.00 bits per heavy atom. The largest absolute Gasteiger partial charge is 0.493 e. The van der Waals surface area contributed by atoms with Gasteiger partial charge in [0.1, 0.15) is 0 Å². The highest BCUT2D eigenvalue weighted by molar-refractivity contribution is 6.05. The number of hydrogen-bond acceptors (Lipinski definition) is 5. The van der Waals surface area contributed by atoms with Gasteiger partial charge in [0.05, 0.1) is 21.3 Å². The third kappa shape index (κ3) is 4.57. The molecule has 2 aromatic rings. The maximum Gasteiger partial charge on any atom is 0.203 e. The number of carbonyl (C=O) groups excluding carboxylic acids is 1. The molecule has 138 valence electrons. The summed E-state index contributed by atoms with van der Waals surface area (Å²) in [6.07, 6.45) is 3.09. The van der Waals surface area contributed by atoms with Crippen molar-refractivity contribution in [3.63, 3.8) is 0 Å². The third-order valence-electron chi connectivity index (χ3n) is 4.01. The van der Waals surface area contributed by atoms with Crippen LogP contribution in [-0.4, -0.2) is 27.1 Å². The Morgan fingerprint density at radius 1 is 0.962 bits per heavy atom. The normalized spacial score (nSPS) is 10.8. The average molecular weight is 355 g/mol. The fourth-order valence-corrected chi connectivity index (χ4v) is 2.50. The molecule has 2 aromatic carbocycles. The summed E-state index contributed by atoms with van der Waals surface area (Å²) >= 11 is 0. The van der Waals surface area contributed by atoms with Crippen molar-refractivity contribution in [3.8, 4) is 17.2 Å². The molecule has 0 aliphatic rings. The van der Waals surface area contributed by atoms with Gasteiger partial charge in [0.15, 0.2) is 17.3 Å². The van der Waals surface area contributed by atoms with Crippen LogP contribution in [0.15, 0.2) is 48.7 Å². The second-order valence-electron chi connectivity index (χ2n) is 6.03. The summed E-state index contributed by atoms with van der Waals surface area (Å²) in [5.41, 5.74) is 2.64. The van der Waals surface area contributed by atoms with Crippen molar-refractivity contribution in [2.24, 2.45) is 0 Å². The van der Waals surface area contributed by atoms with E-state index >= 15 is 0 Å². The van der Waals surface area contributed by atoms with E-state index in [0.717, 1.165) is 5.69 Å². The highest BCUT2D eigenvalue weighted by Gasteiger charge is 2.15. The number of benzene rings is 2. The van der Waals surface area contributed by atoms with Crippen molar-refractivity contribution < 1.29 is 19.0 Å². The predicted octanol–water partition coefficient (Wildman–Crippen LogP) is 4.64. The molecular formula is C21H25NO4. The second kappa shape index (κ2) is 8.94. The van der Waals surface area contributed by atoms with Gasteiger partial charge in [-0.05, 0) is 35.7 Å². The average Bonchev–Trinajstić information content (AvgIpc) is 2.66. The van der Waals surface area contributed by atoms with Crippen molar-refractivity contribution in [1.82, 2.24) is 0 Å². The van der Waals surface area contributed by atoms with Crippen LogP contribution in [0.5, 0.6) is 17.2 Å². The standard InChI is InChI=1S/C21H25NO4/c1-14(2)15-6-8-17(9-7-15)22-11-10-18(23)16-12-19(24-3)21(26-5)20(13-16)25-4/h6-14,22H,1-5H3/b11-10+. The molecule has 5 nitrogen and oxygen atoms in total. The molecule has 0 unspecified atom stereocenters. The summed E-state index contributed by atoms with van der Waals surface area (Å²) in [4.78, 5) is 12.4. The zero-order chi connectivity index (χ0) is 19.1. The van der Waals surface area contributed by atoms with Gasteiger partial charge >= 0.3 is 0 Å². The number of ether oxygens (including phenoxy) is 3. The Morgan fingerprint density at radius 2 is 1.54 bits per heavy atom. The number of carbonyl (C=O) groups is 1. The molecule has 0 atom stereocenters. The lowest BCUT2D eigenvalue weighted by molar-refractivity contribution is 0.104. The zero-order valence-electron chi connectivity index (χ0n) is 15.8. The molecule has 1 N–H and O–H groups in total. The molecule has 0 saturated heterocycles. The second-order valence-corrected chi connectivity index (χ2v) is 6.03. The van der Waals surface area contributed by atoms with Gasteiger partial charge in [-0.1, -0.05) is 26.0 Å². The lowest BCUT2D eigenvalue weighted by Gasteiger charge is -2.13. The van der Waals surface area contributed by atoms with Gasteiger partial charge in [-0.25, -0.2) is 0 Å². The van der Waals surface area contributed by atoms with Crippen LogP contribution < -0.4 is 19.5 Å². The lowest BCUT2D eigenvalue weighted by Crippen LogP contribution is -2.01. The van der Waals surface area contributed by atoms with Crippen LogP contribution in [0.3, 0.4) is 0 Å². The Kier molecular flexibility index (Phi) is 6.67. The van der Waals surface area contributed by atoms with E-state index < -0.39 is 0 Å². The minimum absolute atomic E-state index is 0.171. The first-order valence-electron chi connectivity index (χ1n) is 8.37. The summed E-state index contributed by atoms with van der Waals surface area (Å²) in [5, 5.41) is 3.10. The van der Waals surface area contributed by atoms with E-state index in [2.05, 4.69) is 31.3 Å². The smallest absolute Gasteiger partial charge is 0.203 e. The highest BCUT2D eigenvalue weighted by Crippen LogP contribution is 2.38. The van der Waals surface area contributed by atoms with Crippen LogP contribution in [-0.2, 0) is 0 Å². The molecule has 0 amide bonds. The quantitative estimate of drug-likeness (QED) is 0.552. The minimum atomic E-state index is -0.171. The molecule has 0 aromatic heterocycles. The minimum Gasteiger partial charge on any atom is -0.493 e. The fraction of sp³-hybridized carbons (Fsp3) is 0.286. The molecule has 26 heavy (non-hydrogen) atoms. The maximum absolute atomic E-state index is 12.4. The van der Waals surface area contributed by atoms with Crippen molar-refractivity contribution in [1.29, 1.82) is 0 Å². The van der Waals surface area contributed by atoms with Gasteiger partial charge in [0.25, 0.3) is 0 Å². The topological polar surface area (TPSA) is 56.8 Å². The first-order valence-corrected chi connectivity index (χ1v) is 8.37. The first-order chi connectivity index (χ1) is 12.5. The van der Waals surface area contributed by atoms with Crippen molar-refractivity contribution in [3.05, 3.63) is 59.8 Å². The Balaban J connectivity index is 2.12. The summed E-state index contributed by atoms with van der Waals surface area (Å²) in [7, 11) is 4.56. The SMILES string of the molecule is COc1cc(C(=O)/C=C/Nc2ccc(C(C)C)cc2)cc(OC)c1OC. The van der Waals surface area contributed by atoms with Crippen LogP contribution >= 0.6 is 0 Å². The molecule has 0 aliphatic heterocycles. The molecule has 0 radical (unpaired) electrons. The number of nitrogens with one attached hydrogen (secondary N) is 1. The molecule has 0 spiro atoms. The molecule has 5 heteroatoms. The highest BCUT2D eigenvalue weighted by atomic mass is 16.5. The summed E-state index contributed by atoms with van der Waals surface area (Å²) in [6.45, 7) is 4.30. The molecule has 0 aliphatic carbocycles. The van der Waals surface area contributed by atoms with Gasteiger partial charge in [-0.15, -0.1) is 0 Å². The summed E-state index contributed by atoms with van der Waals surface area (Å²) < 4.78 is 15.8. The Labute approximate surface area is 154 Å². The van der Waals surface area contributed by atoms with E-state index in [1.165, 1.54) is 33.0 Å². The Bertz CT molecular complexity index is 754. The van der Waals surface area contributed by atoms with Crippen molar-refractivity contribution >= 4 is 11.5 Å². The number of hydrogen-bond donors (Lipinski definition) is 1. The van der Waals surface area contributed by atoms with Crippen LogP contribution in [0.2, 0.25) is 0 Å². The number of rotatable bonds is 8. The first kappa shape index (κ1) is 19.4. The summed E-state index contributed by atoms with van der Waals surface area (Å²) in [6, 6.07) is 11.4. The summed E-state index contributed by atoms with van der Waals surface area (Å²) in [5.74, 6) is 1.66. The Hall–Kier alpha value is -2.95. The van der Waals surface area contributed by atoms with E-state index in [1.807, 2.05) is 12.1 Å². The molecular weight excluding hydrogens is 330 g/mol. The van der Waals surface area contributed by atoms with E-state index in [1.54, 1.807) is 18.3 Å². The van der Waals surface area contributed by atoms with Gasteiger partial charge in [0, 0.05) is 23.5 Å².